The van der Waals surface area contributed by atoms with Gasteiger partial charge in [0, 0.05) is 18.9 Å². The summed E-state index contributed by atoms with van der Waals surface area (Å²) in [4.78, 5) is 15.3. The molecule has 0 N–H and O–H groups in total. The first kappa shape index (κ1) is 15.6. The smallest absolute Gasteiger partial charge is 0.414 e. The molecule has 0 fully saturated rings. The maximum absolute atomic E-state index is 15.0. The highest BCUT2D eigenvalue weighted by atomic mass is 19.1. The van der Waals surface area contributed by atoms with Crippen LogP contribution in [0.5, 0.6) is 0 Å². The van der Waals surface area contributed by atoms with Crippen LogP contribution in [0.4, 0.5) is 9.18 Å². The van der Waals surface area contributed by atoms with E-state index in [1.807, 2.05) is 35.2 Å². The number of hydrogen-bond donors (Lipinski definition) is 0. The van der Waals surface area contributed by atoms with Crippen LogP contribution in [-0.2, 0) is 11.3 Å². The van der Waals surface area contributed by atoms with Crippen molar-refractivity contribution in [2.45, 2.75) is 38.6 Å². The molecule has 1 unspecified atom stereocenters. The molecule has 2 aliphatic heterocycles. The van der Waals surface area contributed by atoms with E-state index in [1.165, 1.54) is 11.0 Å². The summed E-state index contributed by atoms with van der Waals surface area (Å²) in [5.74, 6) is 0. The van der Waals surface area contributed by atoms with Gasteiger partial charge in [-0.1, -0.05) is 30.3 Å². The lowest BCUT2D eigenvalue weighted by Gasteiger charge is -2.24. The molecule has 1 aromatic carbocycles. The van der Waals surface area contributed by atoms with E-state index in [-0.39, 0.29) is 6.54 Å². The fraction of sp³-hybridized carbons (Fsp3) is 0.389. The molecule has 1 atom stereocenters. The zero-order valence-electron chi connectivity index (χ0n) is 13.6. The predicted octanol–water partition coefficient (Wildman–Crippen LogP) is 3.82. The average molecular weight is 316 g/mol. The Labute approximate surface area is 135 Å². The van der Waals surface area contributed by atoms with E-state index < -0.39 is 17.4 Å². The van der Waals surface area contributed by atoms with Gasteiger partial charge < -0.3 is 9.64 Å². The SMILES string of the molecule is CC(C)(C)OC(=O)N1C=C2N(Cc3ccccc3)C=CC2(F)C1. The van der Waals surface area contributed by atoms with Gasteiger partial charge in [-0.3, -0.25) is 4.90 Å². The molecule has 1 amide bonds. The number of amides is 1. The van der Waals surface area contributed by atoms with E-state index in [2.05, 4.69) is 0 Å². The minimum Gasteiger partial charge on any atom is -0.443 e. The molecule has 122 valence electrons. The second-order valence-electron chi connectivity index (χ2n) is 6.91. The molecule has 0 aliphatic carbocycles. The highest BCUT2D eigenvalue weighted by Crippen LogP contribution is 2.40. The quantitative estimate of drug-likeness (QED) is 0.831. The first-order chi connectivity index (χ1) is 10.8. The second-order valence-corrected chi connectivity index (χ2v) is 6.91. The number of ether oxygens (including phenoxy) is 1. The molecule has 0 radical (unpaired) electrons. The van der Waals surface area contributed by atoms with Crippen LogP contribution in [0.2, 0.25) is 0 Å². The van der Waals surface area contributed by atoms with Crippen molar-refractivity contribution >= 4 is 6.09 Å². The average Bonchev–Trinajstić information content (AvgIpc) is 2.94. The Hall–Kier alpha value is -2.30. The number of rotatable bonds is 2. The highest BCUT2D eigenvalue weighted by molar-refractivity contribution is 5.71. The summed E-state index contributed by atoms with van der Waals surface area (Å²) in [6.45, 7) is 5.90. The molecule has 2 heterocycles. The molecule has 0 spiro atoms. The lowest BCUT2D eigenvalue weighted by Crippen LogP contribution is -2.37. The number of fused-ring (bicyclic) bond motifs is 1. The summed E-state index contributed by atoms with van der Waals surface area (Å²) in [5.41, 5.74) is -0.674. The molecule has 0 saturated carbocycles. The van der Waals surface area contributed by atoms with E-state index in [0.29, 0.717) is 12.2 Å². The highest BCUT2D eigenvalue weighted by Gasteiger charge is 2.47. The zero-order valence-corrected chi connectivity index (χ0v) is 13.6. The van der Waals surface area contributed by atoms with Crippen molar-refractivity contribution in [1.82, 2.24) is 9.80 Å². The van der Waals surface area contributed by atoms with Gasteiger partial charge in [0.1, 0.15) is 5.60 Å². The van der Waals surface area contributed by atoms with Gasteiger partial charge in [-0.15, -0.1) is 0 Å². The number of alkyl halides is 1. The minimum atomic E-state index is -1.63. The standard InChI is InChI=1S/C18H21FN2O2/c1-17(2,3)23-16(22)21-12-15-18(19,13-21)9-10-20(15)11-14-7-5-4-6-8-14/h4-10,12H,11,13H2,1-3H3. The third-order valence-corrected chi connectivity index (χ3v) is 3.76. The Morgan fingerprint density at radius 2 is 2.00 bits per heavy atom. The van der Waals surface area contributed by atoms with Crippen LogP contribution < -0.4 is 0 Å². The summed E-state index contributed by atoms with van der Waals surface area (Å²) < 4.78 is 20.4. The van der Waals surface area contributed by atoms with Crippen LogP contribution in [0.1, 0.15) is 26.3 Å². The number of carbonyl (C=O) groups excluding carboxylic acids is 1. The topological polar surface area (TPSA) is 32.8 Å². The van der Waals surface area contributed by atoms with Gasteiger partial charge in [0.05, 0.1) is 12.2 Å². The van der Waals surface area contributed by atoms with Crippen molar-refractivity contribution in [3.05, 3.63) is 60.1 Å². The Morgan fingerprint density at radius 1 is 1.30 bits per heavy atom. The fourth-order valence-corrected chi connectivity index (χ4v) is 2.72. The molecular weight excluding hydrogens is 295 g/mol. The van der Waals surface area contributed by atoms with Crippen LogP contribution >= 0.6 is 0 Å². The number of halogens is 1. The van der Waals surface area contributed by atoms with E-state index in [1.54, 1.807) is 33.2 Å². The molecule has 3 rings (SSSR count). The Kier molecular flexibility index (Phi) is 3.66. The summed E-state index contributed by atoms with van der Waals surface area (Å²) in [7, 11) is 0. The van der Waals surface area contributed by atoms with E-state index in [9.17, 15) is 4.79 Å². The summed E-state index contributed by atoms with van der Waals surface area (Å²) in [5, 5.41) is 0. The predicted molar refractivity (Wildman–Crippen MR) is 86.0 cm³/mol. The molecule has 0 aromatic heterocycles. The fourth-order valence-electron chi connectivity index (χ4n) is 2.72. The third-order valence-electron chi connectivity index (χ3n) is 3.76. The van der Waals surface area contributed by atoms with Crippen LogP contribution in [0.3, 0.4) is 0 Å². The van der Waals surface area contributed by atoms with Gasteiger partial charge in [0.15, 0.2) is 5.67 Å². The van der Waals surface area contributed by atoms with Crippen molar-refractivity contribution in [3.8, 4) is 0 Å². The molecule has 5 heteroatoms. The normalized spacial score (nSPS) is 23.0. The van der Waals surface area contributed by atoms with Crippen LogP contribution in [-0.4, -0.2) is 33.7 Å². The van der Waals surface area contributed by atoms with Gasteiger partial charge in [-0.25, -0.2) is 9.18 Å². The third kappa shape index (κ3) is 3.23. The number of hydrogen-bond acceptors (Lipinski definition) is 3. The Morgan fingerprint density at radius 3 is 2.65 bits per heavy atom. The van der Waals surface area contributed by atoms with E-state index >= 15 is 4.39 Å². The largest absolute Gasteiger partial charge is 0.443 e. The van der Waals surface area contributed by atoms with Crippen molar-refractivity contribution < 1.29 is 13.9 Å². The minimum absolute atomic E-state index is 0.0426. The monoisotopic (exact) mass is 316 g/mol. The molecule has 0 saturated heterocycles. The Balaban J connectivity index is 1.76. The summed E-state index contributed by atoms with van der Waals surface area (Å²) >= 11 is 0. The molecule has 4 nitrogen and oxygen atoms in total. The van der Waals surface area contributed by atoms with Crippen molar-refractivity contribution in [2.24, 2.45) is 0 Å². The zero-order chi connectivity index (χ0) is 16.7. The Bertz CT molecular complexity index is 663. The van der Waals surface area contributed by atoms with Gasteiger partial charge in [0.2, 0.25) is 0 Å². The first-order valence-electron chi connectivity index (χ1n) is 7.68. The lowest BCUT2D eigenvalue weighted by atomic mass is 10.1. The molecule has 0 bridgehead atoms. The van der Waals surface area contributed by atoms with Gasteiger partial charge in [-0.05, 0) is 32.4 Å². The van der Waals surface area contributed by atoms with Crippen LogP contribution in [0, 0.1) is 0 Å². The van der Waals surface area contributed by atoms with E-state index in [4.69, 9.17) is 4.74 Å². The summed E-state index contributed by atoms with van der Waals surface area (Å²) in [6, 6.07) is 9.84. The van der Waals surface area contributed by atoms with Crippen LogP contribution in [0.25, 0.3) is 0 Å². The van der Waals surface area contributed by atoms with Gasteiger partial charge in [-0.2, -0.15) is 0 Å². The second kappa shape index (κ2) is 5.41. The first-order valence-corrected chi connectivity index (χ1v) is 7.68. The molecule has 2 aliphatic rings. The van der Waals surface area contributed by atoms with Crippen molar-refractivity contribution in [2.75, 3.05) is 6.54 Å². The van der Waals surface area contributed by atoms with Gasteiger partial charge in [0.25, 0.3) is 0 Å². The molecule has 1 aromatic rings. The number of carbonyl (C=O) groups is 1. The number of nitrogens with zero attached hydrogens (tertiary/aromatic N) is 2. The lowest BCUT2D eigenvalue weighted by molar-refractivity contribution is 0.0314. The van der Waals surface area contributed by atoms with Crippen molar-refractivity contribution in [1.29, 1.82) is 0 Å². The van der Waals surface area contributed by atoms with E-state index in [0.717, 1.165) is 5.56 Å². The number of benzene rings is 1. The van der Waals surface area contributed by atoms with Crippen LogP contribution in [0.15, 0.2) is 54.5 Å². The maximum atomic E-state index is 15.0. The maximum Gasteiger partial charge on any atom is 0.414 e. The van der Waals surface area contributed by atoms with Crippen molar-refractivity contribution in [3.63, 3.8) is 0 Å². The molecular formula is C18H21FN2O2. The van der Waals surface area contributed by atoms with Gasteiger partial charge >= 0.3 is 6.09 Å². The molecule has 23 heavy (non-hydrogen) atoms. The summed E-state index contributed by atoms with van der Waals surface area (Å²) in [6.07, 6.45) is 4.28.